The molecule has 0 unspecified atom stereocenters. The summed E-state index contributed by atoms with van der Waals surface area (Å²) in [6.07, 6.45) is 0. The number of esters is 1. The number of carbonyl (C=O) groups is 1. The van der Waals surface area contributed by atoms with Crippen molar-refractivity contribution in [1.82, 2.24) is 0 Å². The van der Waals surface area contributed by atoms with Gasteiger partial charge in [-0.1, -0.05) is 44.0 Å². The van der Waals surface area contributed by atoms with E-state index >= 15 is 0 Å². The van der Waals surface area contributed by atoms with E-state index in [0.717, 1.165) is 20.8 Å². The minimum atomic E-state index is -0.350. The third-order valence-corrected chi connectivity index (χ3v) is 4.03. The van der Waals surface area contributed by atoms with Crippen LogP contribution in [0.3, 0.4) is 0 Å². The van der Waals surface area contributed by atoms with E-state index in [-0.39, 0.29) is 5.97 Å². The molecule has 0 aliphatic rings. The fraction of sp³-hybridized carbons (Fsp3) is 0.214. The van der Waals surface area contributed by atoms with Crippen molar-refractivity contribution in [2.24, 2.45) is 0 Å². The predicted octanol–water partition coefficient (Wildman–Crippen LogP) is 4.43. The van der Waals surface area contributed by atoms with Gasteiger partial charge in [0, 0.05) is 27.7 Å². The van der Waals surface area contributed by atoms with Crippen LogP contribution in [0.2, 0.25) is 0 Å². The molecule has 0 aromatic heterocycles. The highest BCUT2D eigenvalue weighted by Gasteiger charge is 2.16. The normalized spacial score (nSPS) is 10.5. The molecule has 2 aromatic carbocycles. The van der Waals surface area contributed by atoms with Crippen molar-refractivity contribution >= 4 is 48.6 Å². The van der Waals surface area contributed by atoms with Gasteiger partial charge in [-0.2, -0.15) is 0 Å². The Hall–Kier alpha value is -1.07. The molecule has 0 aliphatic heterocycles. The van der Waals surface area contributed by atoms with Gasteiger partial charge in [-0.05, 0) is 12.1 Å². The van der Waals surface area contributed by atoms with E-state index in [1.54, 1.807) is 7.11 Å². The number of benzene rings is 2. The van der Waals surface area contributed by atoms with E-state index in [4.69, 9.17) is 9.47 Å². The molecule has 0 radical (unpaired) electrons. The Balaban J connectivity index is 2.85. The lowest BCUT2D eigenvalue weighted by atomic mass is 10.0. The highest BCUT2D eigenvalue weighted by Crippen LogP contribution is 2.40. The van der Waals surface area contributed by atoms with E-state index in [2.05, 4.69) is 31.9 Å². The number of ether oxygens (including phenoxy) is 2. The third kappa shape index (κ3) is 2.77. The van der Waals surface area contributed by atoms with E-state index in [0.29, 0.717) is 16.8 Å². The summed E-state index contributed by atoms with van der Waals surface area (Å²) >= 11 is 6.90. The molecule has 5 heteroatoms. The van der Waals surface area contributed by atoms with Crippen molar-refractivity contribution in [2.45, 2.75) is 12.3 Å². The maximum absolute atomic E-state index is 11.3. The molecule has 0 heterocycles. The molecule has 0 saturated heterocycles. The summed E-state index contributed by atoms with van der Waals surface area (Å²) in [5, 5.41) is 2.34. The van der Waals surface area contributed by atoms with Crippen molar-refractivity contribution in [1.29, 1.82) is 0 Å². The van der Waals surface area contributed by atoms with Crippen LogP contribution in [0.15, 0.2) is 28.7 Å². The highest BCUT2D eigenvalue weighted by molar-refractivity contribution is 9.10. The van der Waals surface area contributed by atoms with Crippen molar-refractivity contribution in [3.05, 3.63) is 34.3 Å². The molecule has 0 N–H and O–H groups in total. The topological polar surface area (TPSA) is 35.5 Å². The maximum Gasteiger partial charge on any atom is 0.308 e. The molecule has 2 rings (SSSR count). The summed E-state index contributed by atoms with van der Waals surface area (Å²) in [5.74, 6) is 0.869. The molecule has 0 fully saturated rings. The number of methoxy groups -OCH3 is 1. The number of hydrogen-bond donors (Lipinski definition) is 0. The largest absolute Gasteiger partial charge is 0.496 e. The molecule has 0 atom stereocenters. The second-order valence-electron chi connectivity index (χ2n) is 3.95. The van der Waals surface area contributed by atoms with Crippen molar-refractivity contribution in [2.75, 3.05) is 7.11 Å². The Kier molecular flexibility index (Phi) is 4.47. The molecule has 3 nitrogen and oxygen atoms in total. The Morgan fingerprint density at radius 3 is 2.58 bits per heavy atom. The minimum Gasteiger partial charge on any atom is -0.496 e. The van der Waals surface area contributed by atoms with Gasteiger partial charge in [0.1, 0.15) is 11.5 Å². The maximum atomic E-state index is 11.3. The van der Waals surface area contributed by atoms with Gasteiger partial charge in [0.2, 0.25) is 0 Å². The number of rotatable bonds is 3. The highest BCUT2D eigenvalue weighted by atomic mass is 79.9. The fourth-order valence-corrected chi connectivity index (χ4v) is 2.83. The van der Waals surface area contributed by atoms with E-state index in [9.17, 15) is 4.79 Å². The van der Waals surface area contributed by atoms with Gasteiger partial charge < -0.3 is 9.47 Å². The van der Waals surface area contributed by atoms with E-state index in [1.165, 1.54) is 6.92 Å². The third-order valence-electron chi connectivity index (χ3n) is 2.73. The zero-order chi connectivity index (χ0) is 14.0. The van der Waals surface area contributed by atoms with Crippen LogP contribution in [-0.2, 0) is 10.1 Å². The average molecular weight is 388 g/mol. The summed E-state index contributed by atoms with van der Waals surface area (Å²) in [4.78, 5) is 11.3. The SMILES string of the molecule is COc1ccc(Br)c2ccc(CBr)c(OC(C)=O)c12. The zero-order valence-corrected chi connectivity index (χ0v) is 13.7. The number of hydrogen-bond acceptors (Lipinski definition) is 3. The van der Waals surface area contributed by atoms with Crippen LogP contribution in [0.25, 0.3) is 10.8 Å². The molecule has 0 amide bonds. The molecule has 19 heavy (non-hydrogen) atoms. The lowest BCUT2D eigenvalue weighted by molar-refractivity contribution is -0.131. The van der Waals surface area contributed by atoms with Gasteiger partial charge in [-0.15, -0.1) is 0 Å². The van der Waals surface area contributed by atoms with Gasteiger partial charge in [-0.3, -0.25) is 4.79 Å². The molecular weight excluding hydrogens is 376 g/mol. The summed E-state index contributed by atoms with van der Waals surface area (Å²) in [6.45, 7) is 1.39. The van der Waals surface area contributed by atoms with Gasteiger partial charge >= 0.3 is 5.97 Å². The number of halogens is 2. The van der Waals surface area contributed by atoms with Gasteiger partial charge in [0.15, 0.2) is 0 Å². The van der Waals surface area contributed by atoms with E-state index < -0.39 is 0 Å². The molecule has 100 valence electrons. The first kappa shape index (κ1) is 14.3. The van der Waals surface area contributed by atoms with Crippen LogP contribution < -0.4 is 9.47 Å². The number of fused-ring (bicyclic) bond motifs is 1. The molecule has 0 bridgehead atoms. The zero-order valence-electron chi connectivity index (χ0n) is 10.5. The van der Waals surface area contributed by atoms with Crippen molar-refractivity contribution in [3.8, 4) is 11.5 Å². The van der Waals surface area contributed by atoms with Crippen LogP contribution in [0, 0.1) is 0 Å². The summed E-state index contributed by atoms with van der Waals surface area (Å²) < 4.78 is 11.7. The first-order valence-electron chi connectivity index (χ1n) is 5.61. The van der Waals surface area contributed by atoms with Crippen LogP contribution in [0.1, 0.15) is 12.5 Å². The summed E-state index contributed by atoms with van der Waals surface area (Å²) in [6, 6.07) is 7.66. The van der Waals surface area contributed by atoms with Gasteiger partial charge in [0.05, 0.1) is 12.5 Å². The smallest absolute Gasteiger partial charge is 0.308 e. The molecule has 0 saturated carbocycles. The lowest BCUT2D eigenvalue weighted by Crippen LogP contribution is -2.05. The molecule has 2 aromatic rings. The molecule has 0 aliphatic carbocycles. The summed E-state index contributed by atoms with van der Waals surface area (Å²) in [7, 11) is 1.60. The minimum absolute atomic E-state index is 0.350. The Labute approximate surface area is 128 Å². The Bertz CT molecular complexity index is 638. The van der Waals surface area contributed by atoms with Crippen LogP contribution >= 0.6 is 31.9 Å². The first-order chi connectivity index (χ1) is 9.08. The van der Waals surface area contributed by atoms with Crippen molar-refractivity contribution < 1.29 is 14.3 Å². The van der Waals surface area contributed by atoms with Gasteiger partial charge in [0.25, 0.3) is 0 Å². The van der Waals surface area contributed by atoms with Crippen molar-refractivity contribution in [3.63, 3.8) is 0 Å². The predicted molar refractivity (Wildman–Crippen MR) is 82.1 cm³/mol. The number of carbonyl (C=O) groups excluding carboxylic acids is 1. The average Bonchev–Trinajstić information content (AvgIpc) is 2.39. The summed E-state index contributed by atoms with van der Waals surface area (Å²) in [5.41, 5.74) is 0.902. The quantitative estimate of drug-likeness (QED) is 0.444. The van der Waals surface area contributed by atoms with Crippen LogP contribution in [-0.4, -0.2) is 13.1 Å². The first-order valence-corrected chi connectivity index (χ1v) is 7.52. The van der Waals surface area contributed by atoms with E-state index in [1.807, 2.05) is 24.3 Å². The number of alkyl halides is 1. The lowest BCUT2D eigenvalue weighted by Gasteiger charge is -2.14. The standard InChI is InChI=1S/C14H12Br2O3/c1-8(17)19-14-9(7-15)3-4-10-11(16)5-6-12(18-2)13(10)14/h3-6H,7H2,1-2H3. The second kappa shape index (κ2) is 5.92. The van der Waals surface area contributed by atoms with Crippen LogP contribution in [0.4, 0.5) is 0 Å². The molecule has 0 spiro atoms. The van der Waals surface area contributed by atoms with Gasteiger partial charge in [-0.25, -0.2) is 0 Å². The second-order valence-corrected chi connectivity index (χ2v) is 5.37. The Morgan fingerprint density at radius 1 is 1.26 bits per heavy atom. The Morgan fingerprint density at radius 2 is 2.00 bits per heavy atom. The van der Waals surface area contributed by atoms with Crippen LogP contribution in [0.5, 0.6) is 11.5 Å². The fourth-order valence-electron chi connectivity index (χ4n) is 1.93. The molecular formula is C14H12Br2O3. The monoisotopic (exact) mass is 386 g/mol.